The maximum absolute atomic E-state index is 6.16. The van der Waals surface area contributed by atoms with Gasteiger partial charge in [-0.25, -0.2) is 4.98 Å². The summed E-state index contributed by atoms with van der Waals surface area (Å²) in [7, 11) is -1.05. The molecular formula is C13H24Cl2N2OSi. The van der Waals surface area contributed by atoms with E-state index in [-0.39, 0.29) is 0 Å². The summed E-state index contributed by atoms with van der Waals surface area (Å²) in [4.78, 5) is 4.30. The van der Waals surface area contributed by atoms with Crippen LogP contribution >= 0.6 is 23.2 Å². The first-order valence-electron chi connectivity index (χ1n) is 6.83. The van der Waals surface area contributed by atoms with Crippen molar-refractivity contribution in [1.82, 2.24) is 9.55 Å². The predicted octanol–water partition coefficient (Wildman–Crippen LogP) is 4.84. The lowest BCUT2D eigenvalue weighted by Gasteiger charge is -2.16. The first-order chi connectivity index (χ1) is 8.85. The van der Waals surface area contributed by atoms with Gasteiger partial charge >= 0.3 is 0 Å². The summed E-state index contributed by atoms with van der Waals surface area (Å²) in [5, 5.41) is 0.863. The molecule has 1 aromatic heterocycles. The minimum absolute atomic E-state index is 0.376. The van der Waals surface area contributed by atoms with Crippen molar-refractivity contribution in [2.75, 3.05) is 6.61 Å². The van der Waals surface area contributed by atoms with Crippen LogP contribution in [-0.2, 0) is 17.9 Å². The van der Waals surface area contributed by atoms with Crippen molar-refractivity contribution < 1.29 is 4.74 Å². The van der Waals surface area contributed by atoms with Gasteiger partial charge in [-0.15, -0.1) is 0 Å². The Hall–Kier alpha value is -0.0331. The molecule has 1 rings (SSSR count). The monoisotopic (exact) mass is 322 g/mol. The number of hydrogen-bond donors (Lipinski definition) is 0. The first-order valence-corrected chi connectivity index (χ1v) is 11.3. The fourth-order valence-electron chi connectivity index (χ4n) is 1.64. The van der Waals surface area contributed by atoms with Gasteiger partial charge < -0.3 is 4.74 Å². The molecule has 3 nitrogen and oxygen atoms in total. The summed E-state index contributed by atoms with van der Waals surface area (Å²) in [5.41, 5.74) is 0. The van der Waals surface area contributed by atoms with Crippen LogP contribution in [0.4, 0.5) is 0 Å². The molecule has 1 heterocycles. The second-order valence-corrected chi connectivity index (χ2v) is 12.3. The third-order valence-corrected chi connectivity index (χ3v) is 5.36. The summed E-state index contributed by atoms with van der Waals surface area (Å²) in [6.45, 7) is 10.4. The van der Waals surface area contributed by atoms with E-state index in [0.29, 0.717) is 17.0 Å². The van der Waals surface area contributed by atoms with Gasteiger partial charge in [0.25, 0.3) is 0 Å². The second-order valence-electron chi connectivity index (χ2n) is 5.99. The van der Waals surface area contributed by atoms with Crippen molar-refractivity contribution in [2.24, 2.45) is 0 Å². The summed E-state index contributed by atoms with van der Waals surface area (Å²) in [5.74, 6) is 0.921. The lowest BCUT2D eigenvalue weighted by Crippen LogP contribution is -2.22. The number of nitrogens with zero attached hydrogens (tertiary/aromatic N) is 2. The van der Waals surface area contributed by atoms with Crippen LogP contribution in [0.2, 0.25) is 36.0 Å². The molecule has 0 aliphatic rings. The minimum atomic E-state index is -1.05. The van der Waals surface area contributed by atoms with E-state index in [1.54, 1.807) is 0 Å². The van der Waals surface area contributed by atoms with E-state index in [2.05, 4.69) is 31.5 Å². The average Bonchev–Trinajstić information content (AvgIpc) is 2.58. The van der Waals surface area contributed by atoms with E-state index in [4.69, 9.17) is 27.9 Å². The molecule has 6 heteroatoms. The van der Waals surface area contributed by atoms with Gasteiger partial charge in [0.05, 0.1) is 0 Å². The zero-order chi connectivity index (χ0) is 14.5. The van der Waals surface area contributed by atoms with E-state index in [1.165, 1.54) is 0 Å². The molecule has 0 unspecified atom stereocenters. The lowest BCUT2D eigenvalue weighted by molar-refractivity contribution is 0.0852. The maximum Gasteiger partial charge on any atom is 0.166 e. The zero-order valence-electron chi connectivity index (χ0n) is 12.3. The van der Waals surface area contributed by atoms with Gasteiger partial charge in [-0.2, -0.15) is 0 Å². The normalized spacial score (nSPS) is 12.1. The molecule has 0 radical (unpaired) electrons. The van der Waals surface area contributed by atoms with Crippen LogP contribution in [0.5, 0.6) is 0 Å². The van der Waals surface area contributed by atoms with Gasteiger partial charge in [-0.05, 0) is 12.5 Å². The SMILES string of the molecule is CCCCc1nc(Cl)c(Cl)n1COCC[Si](C)(C)C. The Kier molecular flexibility index (Phi) is 6.87. The highest BCUT2D eigenvalue weighted by atomic mass is 35.5. The molecule has 0 N–H and O–H groups in total. The van der Waals surface area contributed by atoms with Gasteiger partial charge in [0.2, 0.25) is 0 Å². The van der Waals surface area contributed by atoms with Crippen molar-refractivity contribution in [3.63, 3.8) is 0 Å². The molecule has 0 spiro atoms. The Morgan fingerprint density at radius 2 is 1.95 bits per heavy atom. The van der Waals surface area contributed by atoms with E-state index in [0.717, 1.165) is 37.7 Å². The molecule has 0 atom stereocenters. The Balaban J connectivity index is 2.56. The molecular weight excluding hydrogens is 299 g/mol. The fourth-order valence-corrected chi connectivity index (χ4v) is 2.78. The number of unbranched alkanes of at least 4 members (excludes halogenated alkanes) is 1. The van der Waals surface area contributed by atoms with E-state index < -0.39 is 8.07 Å². The van der Waals surface area contributed by atoms with Crippen LogP contribution in [0.1, 0.15) is 25.6 Å². The van der Waals surface area contributed by atoms with Crippen LogP contribution in [-0.4, -0.2) is 24.2 Å². The zero-order valence-corrected chi connectivity index (χ0v) is 14.8. The molecule has 0 saturated carbocycles. The van der Waals surface area contributed by atoms with E-state index in [9.17, 15) is 0 Å². The summed E-state index contributed by atoms with van der Waals surface area (Å²) < 4.78 is 7.60. The molecule has 0 saturated heterocycles. The quantitative estimate of drug-likeness (QED) is 0.505. The topological polar surface area (TPSA) is 27.1 Å². The predicted molar refractivity (Wildman–Crippen MR) is 85.0 cm³/mol. The fraction of sp³-hybridized carbons (Fsp3) is 0.769. The molecule has 19 heavy (non-hydrogen) atoms. The summed E-state index contributed by atoms with van der Waals surface area (Å²) >= 11 is 12.1. The highest BCUT2D eigenvalue weighted by Crippen LogP contribution is 2.24. The Morgan fingerprint density at radius 1 is 1.26 bits per heavy atom. The molecule has 0 bridgehead atoms. The highest BCUT2D eigenvalue weighted by molar-refractivity contribution is 6.76. The third-order valence-electron chi connectivity index (χ3n) is 2.92. The summed E-state index contributed by atoms with van der Waals surface area (Å²) in [6, 6.07) is 1.15. The van der Waals surface area contributed by atoms with Crippen molar-refractivity contribution in [3.8, 4) is 0 Å². The van der Waals surface area contributed by atoms with Crippen LogP contribution in [0.3, 0.4) is 0 Å². The van der Waals surface area contributed by atoms with Crippen molar-refractivity contribution in [2.45, 2.75) is 58.6 Å². The first kappa shape index (κ1) is 17.0. The van der Waals surface area contributed by atoms with Gasteiger partial charge in [-0.1, -0.05) is 56.2 Å². The molecule has 0 aromatic carbocycles. The van der Waals surface area contributed by atoms with Crippen LogP contribution in [0, 0.1) is 0 Å². The average molecular weight is 323 g/mol. The van der Waals surface area contributed by atoms with Crippen molar-refractivity contribution in [1.29, 1.82) is 0 Å². The van der Waals surface area contributed by atoms with Gasteiger partial charge in [0.15, 0.2) is 5.15 Å². The molecule has 0 aliphatic heterocycles. The Morgan fingerprint density at radius 3 is 2.53 bits per heavy atom. The molecule has 0 aliphatic carbocycles. The van der Waals surface area contributed by atoms with E-state index in [1.807, 2.05) is 4.57 Å². The Labute approximate surface area is 127 Å². The highest BCUT2D eigenvalue weighted by Gasteiger charge is 2.15. The van der Waals surface area contributed by atoms with Gasteiger partial charge in [0.1, 0.15) is 17.7 Å². The number of ether oxygens (including phenoxy) is 1. The minimum Gasteiger partial charge on any atom is -0.361 e. The lowest BCUT2D eigenvalue weighted by atomic mass is 10.2. The van der Waals surface area contributed by atoms with Gasteiger partial charge in [0, 0.05) is 21.1 Å². The second kappa shape index (κ2) is 7.67. The third kappa shape index (κ3) is 5.86. The standard InChI is InChI=1S/C13H24Cl2N2OSi/c1-5-6-7-11-16-12(14)13(15)17(11)10-18-8-9-19(2,3)4/h5-10H2,1-4H3. The summed E-state index contributed by atoms with van der Waals surface area (Å²) in [6.07, 6.45) is 3.09. The molecule has 1 aromatic rings. The van der Waals surface area contributed by atoms with Crippen molar-refractivity contribution in [3.05, 3.63) is 16.1 Å². The Bertz CT molecular complexity index is 402. The largest absolute Gasteiger partial charge is 0.361 e. The van der Waals surface area contributed by atoms with Crippen LogP contribution in [0.25, 0.3) is 0 Å². The number of aryl methyl sites for hydroxylation is 1. The van der Waals surface area contributed by atoms with Crippen molar-refractivity contribution >= 4 is 31.3 Å². The van der Waals surface area contributed by atoms with Crippen LogP contribution < -0.4 is 0 Å². The van der Waals surface area contributed by atoms with E-state index >= 15 is 0 Å². The molecule has 0 amide bonds. The number of halogens is 2. The number of imidazole rings is 1. The number of aromatic nitrogens is 2. The number of rotatable bonds is 8. The number of hydrogen-bond acceptors (Lipinski definition) is 2. The van der Waals surface area contributed by atoms with Crippen LogP contribution in [0.15, 0.2) is 0 Å². The smallest absolute Gasteiger partial charge is 0.166 e. The van der Waals surface area contributed by atoms with Gasteiger partial charge in [-0.3, -0.25) is 4.57 Å². The molecule has 0 fully saturated rings. The molecule has 110 valence electrons. The maximum atomic E-state index is 6.16.